The number of ether oxygens (including phenoxy) is 1. The molecular weight excluding hydrogens is 192 g/mol. The number of rotatable bonds is 2. The maximum atomic E-state index is 11.8. The lowest BCUT2D eigenvalue weighted by Crippen LogP contribution is -2.53. The number of carbonyl (C=O) groups excluding carboxylic acids is 1. The van der Waals surface area contributed by atoms with Gasteiger partial charge in [-0.1, -0.05) is 0 Å². The average molecular weight is 212 g/mol. The molecule has 0 aromatic carbocycles. The third-order valence-electron chi connectivity index (χ3n) is 3.39. The first-order valence-electron chi connectivity index (χ1n) is 5.89. The molecule has 0 bridgehead atoms. The highest BCUT2D eigenvalue weighted by atomic mass is 16.5. The molecule has 2 saturated heterocycles. The van der Waals surface area contributed by atoms with Crippen LogP contribution in [0.15, 0.2) is 0 Å². The third kappa shape index (κ3) is 2.69. The van der Waals surface area contributed by atoms with Crippen LogP contribution in [0, 0.1) is 5.92 Å². The highest BCUT2D eigenvalue weighted by molar-refractivity contribution is 5.79. The zero-order valence-corrected chi connectivity index (χ0v) is 9.29. The van der Waals surface area contributed by atoms with Crippen LogP contribution >= 0.6 is 0 Å². The Morgan fingerprint density at radius 1 is 1.47 bits per heavy atom. The molecule has 1 amide bonds. The summed E-state index contributed by atoms with van der Waals surface area (Å²) >= 11 is 0. The Morgan fingerprint density at radius 3 is 3.00 bits per heavy atom. The van der Waals surface area contributed by atoms with E-state index in [1.54, 1.807) is 0 Å². The molecule has 0 aromatic rings. The molecule has 15 heavy (non-hydrogen) atoms. The summed E-state index contributed by atoms with van der Waals surface area (Å²) in [5.74, 6) is 0.257. The SMILES string of the molecule is CC1NCCCC1NC(=O)C1CCOC1. The van der Waals surface area contributed by atoms with E-state index in [4.69, 9.17) is 4.74 Å². The summed E-state index contributed by atoms with van der Waals surface area (Å²) in [6, 6.07) is 0.692. The fourth-order valence-electron chi connectivity index (χ4n) is 2.28. The molecule has 4 nitrogen and oxygen atoms in total. The van der Waals surface area contributed by atoms with Crippen LogP contribution in [0.2, 0.25) is 0 Å². The van der Waals surface area contributed by atoms with E-state index in [2.05, 4.69) is 17.6 Å². The minimum absolute atomic E-state index is 0.0825. The summed E-state index contributed by atoms with van der Waals surface area (Å²) in [7, 11) is 0. The second kappa shape index (κ2) is 4.94. The van der Waals surface area contributed by atoms with Gasteiger partial charge in [0.15, 0.2) is 0 Å². The normalized spacial score (nSPS) is 36.5. The number of amides is 1. The maximum absolute atomic E-state index is 11.8. The van der Waals surface area contributed by atoms with Crippen LogP contribution in [-0.2, 0) is 9.53 Å². The Hall–Kier alpha value is -0.610. The van der Waals surface area contributed by atoms with Crippen molar-refractivity contribution in [3.63, 3.8) is 0 Å². The molecule has 0 radical (unpaired) electrons. The van der Waals surface area contributed by atoms with E-state index in [1.807, 2.05) is 0 Å². The van der Waals surface area contributed by atoms with E-state index in [0.717, 1.165) is 32.4 Å². The molecular formula is C11H20N2O2. The second-order valence-corrected chi connectivity index (χ2v) is 4.56. The standard InChI is InChI=1S/C11H20N2O2/c1-8-10(3-2-5-12-8)13-11(14)9-4-6-15-7-9/h8-10,12H,2-7H2,1H3,(H,13,14). The van der Waals surface area contributed by atoms with Gasteiger partial charge in [-0.05, 0) is 32.7 Å². The lowest BCUT2D eigenvalue weighted by molar-refractivity contribution is -0.126. The molecule has 0 saturated carbocycles. The Balaban J connectivity index is 1.81. The third-order valence-corrected chi connectivity index (χ3v) is 3.39. The number of piperidine rings is 1. The fourth-order valence-corrected chi connectivity index (χ4v) is 2.28. The molecule has 2 fully saturated rings. The van der Waals surface area contributed by atoms with Crippen LogP contribution in [0.25, 0.3) is 0 Å². The lowest BCUT2D eigenvalue weighted by Gasteiger charge is -2.31. The van der Waals surface area contributed by atoms with Crippen LogP contribution in [0.5, 0.6) is 0 Å². The lowest BCUT2D eigenvalue weighted by atomic mass is 9.98. The molecule has 3 unspecified atom stereocenters. The van der Waals surface area contributed by atoms with E-state index in [0.29, 0.717) is 18.7 Å². The zero-order chi connectivity index (χ0) is 10.7. The zero-order valence-electron chi connectivity index (χ0n) is 9.29. The summed E-state index contributed by atoms with van der Waals surface area (Å²) in [6.07, 6.45) is 3.12. The highest BCUT2D eigenvalue weighted by Gasteiger charge is 2.28. The minimum Gasteiger partial charge on any atom is -0.381 e. The van der Waals surface area contributed by atoms with Gasteiger partial charge in [0.1, 0.15) is 0 Å². The van der Waals surface area contributed by atoms with Crippen LogP contribution in [0.1, 0.15) is 26.2 Å². The maximum Gasteiger partial charge on any atom is 0.225 e. The summed E-state index contributed by atoms with van der Waals surface area (Å²) in [5, 5.41) is 6.51. The Kier molecular flexibility index (Phi) is 3.59. The summed E-state index contributed by atoms with van der Waals surface area (Å²) in [4.78, 5) is 11.8. The van der Waals surface area contributed by atoms with Crippen molar-refractivity contribution >= 4 is 5.91 Å². The van der Waals surface area contributed by atoms with Gasteiger partial charge in [0.05, 0.1) is 12.5 Å². The number of hydrogen-bond donors (Lipinski definition) is 2. The second-order valence-electron chi connectivity index (χ2n) is 4.56. The van der Waals surface area contributed by atoms with Gasteiger partial charge in [-0.15, -0.1) is 0 Å². The molecule has 3 atom stereocenters. The summed E-state index contributed by atoms with van der Waals surface area (Å²) in [5.41, 5.74) is 0. The molecule has 2 aliphatic rings. The van der Waals surface area contributed by atoms with Crippen molar-refractivity contribution in [2.24, 2.45) is 5.92 Å². The monoisotopic (exact) mass is 212 g/mol. The van der Waals surface area contributed by atoms with E-state index in [9.17, 15) is 4.79 Å². The van der Waals surface area contributed by atoms with Gasteiger partial charge < -0.3 is 15.4 Å². The van der Waals surface area contributed by atoms with Crippen LogP contribution in [0.4, 0.5) is 0 Å². The average Bonchev–Trinajstić information content (AvgIpc) is 2.74. The molecule has 2 N–H and O–H groups in total. The molecule has 0 aromatic heterocycles. The first-order valence-corrected chi connectivity index (χ1v) is 5.89. The van der Waals surface area contributed by atoms with Crippen molar-refractivity contribution in [2.45, 2.75) is 38.3 Å². The van der Waals surface area contributed by atoms with E-state index in [1.165, 1.54) is 0 Å². The molecule has 86 valence electrons. The first kappa shape index (κ1) is 10.9. The molecule has 2 rings (SSSR count). The van der Waals surface area contributed by atoms with Gasteiger partial charge in [-0.3, -0.25) is 4.79 Å². The van der Waals surface area contributed by atoms with Crippen LogP contribution in [0.3, 0.4) is 0 Å². The van der Waals surface area contributed by atoms with Gasteiger partial charge in [0, 0.05) is 18.7 Å². The smallest absolute Gasteiger partial charge is 0.225 e. The van der Waals surface area contributed by atoms with Crippen molar-refractivity contribution in [2.75, 3.05) is 19.8 Å². The fraction of sp³-hybridized carbons (Fsp3) is 0.909. The predicted octanol–water partition coefficient (Wildman–Crippen LogP) is 0.280. The predicted molar refractivity (Wildman–Crippen MR) is 57.6 cm³/mol. The molecule has 0 aliphatic carbocycles. The van der Waals surface area contributed by atoms with Gasteiger partial charge in [0.25, 0.3) is 0 Å². The van der Waals surface area contributed by atoms with Gasteiger partial charge in [-0.25, -0.2) is 0 Å². The Labute approximate surface area is 90.8 Å². The Morgan fingerprint density at radius 2 is 2.33 bits per heavy atom. The van der Waals surface area contributed by atoms with Gasteiger partial charge >= 0.3 is 0 Å². The first-order chi connectivity index (χ1) is 7.27. The number of hydrogen-bond acceptors (Lipinski definition) is 3. The van der Waals surface area contributed by atoms with Gasteiger partial charge in [-0.2, -0.15) is 0 Å². The minimum atomic E-state index is 0.0825. The van der Waals surface area contributed by atoms with Crippen molar-refractivity contribution in [1.82, 2.24) is 10.6 Å². The van der Waals surface area contributed by atoms with Crippen LogP contribution in [-0.4, -0.2) is 37.7 Å². The summed E-state index contributed by atoms with van der Waals surface area (Å²) in [6.45, 7) is 4.53. The van der Waals surface area contributed by atoms with Crippen LogP contribution < -0.4 is 10.6 Å². The molecule has 4 heteroatoms. The number of carbonyl (C=O) groups is 1. The van der Waals surface area contributed by atoms with Crippen molar-refractivity contribution < 1.29 is 9.53 Å². The molecule has 2 heterocycles. The van der Waals surface area contributed by atoms with Crippen molar-refractivity contribution in [3.8, 4) is 0 Å². The Bertz CT molecular complexity index is 227. The topological polar surface area (TPSA) is 50.4 Å². The van der Waals surface area contributed by atoms with Crippen molar-refractivity contribution in [3.05, 3.63) is 0 Å². The molecule has 0 spiro atoms. The highest BCUT2D eigenvalue weighted by Crippen LogP contribution is 2.14. The van der Waals surface area contributed by atoms with E-state index in [-0.39, 0.29) is 11.8 Å². The summed E-state index contributed by atoms with van der Waals surface area (Å²) < 4.78 is 5.22. The van der Waals surface area contributed by atoms with E-state index < -0.39 is 0 Å². The number of nitrogens with one attached hydrogen (secondary N) is 2. The quantitative estimate of drug-likeness (QED) is 0.691. The molecule has 2 aliphatic heterocycles. The van der Waals surface area contributed by atoms with Gasteiger partial charge in [0.2, 0.25) is 5.91 Å². The van der Waals surface area contributed by atoms with Crippen molar-refractivity contribution in [1.29, 1.82) is 0 Å². The van der Waals surface area contributed by atoms with E-state index >= 15 is 0 Å². The largest absolute Gasteiger partial charge is 0.381 e.